The number of benzene rings is 2. The van der Waals surface area contributed by atoms with E-state index >= 15 is 0 Å². The number of piperazine rings is 1. The number of anilines is 4. The van der Waals surface area contributed by atoms with E-state index in [2.05, 4.69) is 39.5 Å². The average molecular weight is 438 g/mol. The van der Waals surface area contributed by atoms with Crippen molar-refractivity contribution in [2.24, 2.45) is 0 Å². The van der Waals surface area contributed by atoms with Crippen molar-refractivity contribution < 1.29 is 9.59 Å². The molecule has 172 valence electrons. The van der Waals surface area contributed by atoms with Gasteiger partial charge in [-0.2, -0.15) is 0 Å². The molecule has 7 nitrogen and oxygen atoms in total. The molecule has 1 saturated heterocycles. The van der Waals surface area contributed by atoms with Gasteiger partial charge in [0.15, 0.2) is 0 Å². The molecule has 2 N–H and O–H groups in total. The smallest absolute Gasteiger partial charge is 0.255 e. The third-order valence-corrected chi connectivity index (χ3v) is 5.63. The average Bonchev–Trinajstić information content (AvgIpc) is 2.77. The van der Waals surface area contributed by atoms with E-state index in [1.54, 1.807) is 19.0 Å². The Labute approximate surface area is 191 Å². The molecule has 2 amide bonds. The predicted molar refractivity (Wildman–Crippen MR) is 133 cm³/mol. The summed E-state index contributed by atoms with van der Waals surface area (Å²) in [5.41, 5.74) is 5.68. The largest absolute Gasteiger partial charge is 0.383 e. The molecule has 0 unspecified atom stereocenters. The molecule has 1 fully saturated rings. The minimum Gasteiger partial charge on any atom is -0.383 e. The molecule has 1 aliphatic rings. The van der Waals surface area contributed by atoms with Crippen LogP contribution in [0, 0.1) is 6.92 Å². The molecule has 0 aliphatic carbocycles. The van der Waals surface area contributed by atoms with Gasteiger partial charge in [-0.15, -0.1) is 0 Å². The Morgan fingerprint density at radius 1 is 1.00 bits per heavy atom. The van der Waals surface area contributed by atoms with Crippen molar-refractivity contribution in [3.63, 3.8) is 0 Å². The lowest BCUT2D eigenvalue weighted by Gasteiger charge is -2.39. The first-order chi connectivity index (χ1) is 15.3. The summed E-state index contributed by atoms with van der Waals surface area (Å²) in [7, 11) is 3.58. The molecule has 0 spiro atoms. The zero-order valence-corrected chi connectivity index (χ0v) is 19.9. The van der Waals surface area contributed by atoms with E-state index in [1.165, 1.54) is 6.92 Å². The van der Waals surface area contributed by atoms with Gasteiger partial charge in [-0.3, -0.25) is 9.59 Å². The minimum atomic E-state index is -0.0689. The van der Waals surface area contributed by atoms with Crippen LogP contribution in [0.1, 0.15) is 36.2 Å². The van der Waals surface area contributed by atoms with E-state index < -0.39 is 0 Å². The van der Waals surface area contributed by atoms with Crippen molar-refractivity contribution in [2.75, 3.05) is 67.3 Å². The number of para-hydroxylation sites is 2. The Morgan fingerprint density at radius 3 is 2.22 bits per heavy atom. The van der Waals surface area contributed by atoms with Gasteiger partial charge in [0.1, 0.15) is 0 Å². The van der Waals surface area contributed by atoms with E-state index in [0.29, 0.717) is 0 Å². The lowest BCUT2D eigenvalue weighted by molar-refractivity contribution is -0.114. The lowest BCUT2D eigenvalue weighted by atomic mass is 10.0. The number of hydrogen-bond acceptors (Lipinski definition) is 5. The number of hydrogen-bond donors (Lipinski definition) is 2. The van der Waals surface area contributed by atoms with Crippen LogP contribution in [-0.4, -0.2) is 63.5 Å². The first kappa shape index (κ1) is 23.4. The molecule has 1 aliphatic heterocycles. The van der Waals surface area contributed by atoms with Gasteiger partial charge in [0.25, 0.3) is 5.91 Å². The number of carbonyl (C=O) groups excluding carboxylic acids is 2. The molecule has 0 bridgehead atoms. The molecule has 2 aromatic carbocycles. The third-order valence-electron chi connectivity index (χ3n) is 5.63. The number of amides is 2. The summed E-state index contributed by atoms with van der Waals surface area (Å²) in [6, 6.07) is 12.1. The fraction of sp³-hybridized carbons (Fsp3) is 0.440. The summed E-state index contributed by atoms with van der Waals surface area (Å²) >= 11 is 0. The number of aryl methyl sites for hydroxylation is 1. The number of nitrogens with one attached hydrogen (secondary N) is 2. The van der Waals surface area contributed by atoms with E-state index in [-0.39, 0.29) is 11.8 Å². The van der Waals surface area contributed by atoms with Crippen molar-refractivity contribution in [1.82, 2.24) is 4.90 Å². The highest BCUT2D eigenvalue weighted by Gasteiger charge is 2.25. The Kier molecular flexibility index (Phi) is 7.62. The van der Waals surface area contributed by atoms with Gasteiger partial charge < -0.3 is 25.3 Å². The molecule has 1 heterocycles. The van der Waals surface area contributed by atoms with Gasteiger partial charge >= 0.3 is 0 Å². The lowest BCUT2D eigenvalue weighted by Crippen LogP contribution is -2.47. The van der Waals surface area contributed by atoms with Crippen molar-refractivity contribution in [1.29, 1.82) is 0 Å². The molecular formula is C25H35N5O2. The van der Waals surface area contributed by atoms with Crippen molar-refractivity contribution in [2.45, 2.75) is 27.2 Å². The Morgan fingerprint density at radius 2 is 1.62 bits per heavy atom. The van der Waals surface area contributed by atoms with E-state index in [1.807, 2.05) is 31.2 Å². The van der Waals surface area contributed by atoms with E-state index in [4.69, 9.17) is 0 Å². The van der Waals surface area contributed by atoms with Crippen LogP contribution in [0.4, 0.5) is 22.7 Å². The van der Waals surface area contributed by atoms with Gasteiger partial charge in [-0.1, -0.05) is 19.1 Å². The summed E-state index contributed by atoms with van der Waals surface area (Å²) in [6.45, 7) is 9.82. The summed E-state index contributed by atoms with van der Waals surface area (Å²) in [5, 5.41) is 6.45. The van der Waals surface area contributed by atoms with Crippen LogP contribution in [0.3, 0.4) is 0 Å². The van der Waals surface area contributed by atoms with Crippen LogP contribution in [0.5, 0.6) is 0 Å². The highest BCUT2D eigenvalue weighted by Crippen LogP contribution is 2.34. The first-order valence-corrected chi connectivity index (χ1v) is 11.3. The predicted octanol–water partition coefficient (Wildman–Crippen LogP) is 3.80. The van der Waals surface area contributed by atoms with Crippen LogP contribution < -0.4 is 20.4 Å². The van der Waals surface area contributed by atoms with E-state index in [0.717, 1.165) is 73.0 Å². The Bertz CT molecular complexity index is 965. The first-order valence-electron chi connectivity index (χ1n) is 11.3. The molecule has 0 radical (unpaired) electrons. The van der Waals surface area contributed by atoms with Gasteiger partial charge in [-0.25, -0.2) is 0 Å². The quantitative estimate of drug-likeness (QED) is 0.690. The highest BCUT2D eigenvalue weighted by molar-refractivity contribution is 6.03. The Balaban J connectivity index is 1.86. The maximum atomic E-state index is 12.9. The summed E-state index contributed by atoms with van der Waals surface area (Å²) in [5.74, 6) is -0.0583. The molecule has 0 saturated carbocycles. The summed E-state index contributed by atoms with van der Waals surface area (Å²) in [6.07, 6.45) is 0.983. The van der Waals surface area contributed by atoms with Crippen LogP contribution >= 0.6 is 0 Å². The number of carbonyl (C=O) groups is 2. The molecule has 0 aromatic heterocycles. The zero-order chi connectivity index (χ0) is 23.3. The fourth-order valence-corrected chi connectivity index (χ4v) is 4.10. The van der Waals surface area contributed by atoms with E-state index in [9.17, 15) is 9.59 Å². The third kappa shape index (κ3) is 5.33. The second-order valence-corrected chi connectivity index (χ2v) is 8.51. The zero-order valence-electron chi connectivity index (χ0n) is 19.9. The molecular weight excluding hydrogens is 402 g/mol. The monoisotopic (exact) mass is 437 g/mol. The molecule has 2 aromatic rings. The maximum absolute atomic E-state index is 12.9. The second kappa shape index (κ2) is 10.4. The van der Waals surface area contributed by atoms with Gasteiger partial charge in [0, 0.05) is 53.7 Å². The van der Waals surface area contributed by atoms with Crippen molar-refractivity contribution in [3.05, 3.63) is 47.5 Å². The Hall–Kier alpha value is -3.22. The van der Waals surface area contributed by atoms with Crippen molar-refractivity contribution in [3.8, 4) is 0 Å². The van der Waals surface area contributed by atoms with Crippen LogP contribution in [0.25, 0.3) is 0 Å². The summed E-state index contributed by atoms with van der Waals surface area (Å²) < 4.78 is 0. The normalized spacial score (nSPS) is 13.7. The van der Waals surface area contributed by atoms with Gasteiger partial charge in [-0.05, 0) is 43.2 Å². The second-order valence-electron chi connectivity index (χ2n) is 8.51. The standard InChI is InChI=1S/C25H35N5O2/c1-6-11-26-24-20(25(32)28(4)5)16-18(2)17-23(24)30-14-12-29(13-15-30)22-10-8-7-9-21(22)27-19(3)31/h7-10,16-17,26H,6,11-15H2,1-5H3,(H,27,31). The molecule has 0 atom stereocenters. The number of rotatable bonds is 7. The van der Waals surface area contributed by atoms with Crippen molar-refractivity contribution >= 4 is 34.6 Å². The van der Waals surface area contributed by atoms with Crippen LogP contribution in [0.15, 0.2) is 36.4 Å². The molecule has 32 heavy (non-hydrogen) atoms. The minimum absolute atomic E-state index is 0.0106. The van der Waals surface area contributed by atoms with Crippen LogP contribution in [-0.2, 0) is 4.79 Å². The SMILES string of the molecule is CCCNc1c(C(=O)N(C)C)cc(C)cc1N1CCN(c2ccccc2NC(C)=O)CC1. The van der Waals surface area contributed by atoms with Crippen LogP contribution in [0.2, 0.25) is 0 Å². The molecule has 7 heteroatoms. The summed E-state index contributed by atoms with van der Waals surface area (Å²) in [4.78, 5) is 30.8. The topological polar surface area (TPSA) is 67.9 Å². The van der Waals surface area contributed by atoms with Gasteiger partial charge in [0.2, 0.25) is 5.91 Å². The number of nitrogens with zero attached hydrogens (tertiary/aromatic N) is 3. The maximum Gasteiger partial charge on any atom is 0.255 e. The molecule has 3 rings (SSSR count). The highest BCUT2D eigenvalue weighted by atomic mass is 16.2. The fourth-order valence-electron chi connectivity index (χ4n) is 4.10. The van der Waals surface area contributed by atoms with Gasteiger partial charge in [0.05, 0.1) is 28.3 Å².